The van der Waals surface area contributed by atoms with E-state index in [-0.39, 0.29) is 23.4 Å². The minimum Gasteiger partial charge on any atom is -0.465 e. The second-order valence-electron chi connectivity index (χ2n) is 10.4. The molecule has 5 heteroatoms. The van der Waals surface area contributed by atoms with E-state index < -0.39 is 0 Å². The molecule has 0 N–H and O–H groups in total. The molecular weight excluding hydrogens is 445 g/mol. The van der Waals surface area contributed by atoms with Crippen molar-refractivity contribution in [2.75, 3.05) is 13.7 Å². The van der Waals surface area contributed by atoms with Crippen LogP contribution in [0.3, 0.4) is 0 Å². The summed E-state index contributed by atoms with van der Waals surface area (Å²) in [7, 11) is 3.86. The van der Waals surface area contributed by atoms with E-state index in [0.717, 1.165) is 23.2 Å². The Morgan fingerprint density at radius 2 is 1.72 bits per heavy atom. The molecule has 0 spiro atoms. The second-order valence-corrected chi connectivity index (χ2v) is 10.4. The number of hydrogen-bond donors (Lipinski definition) is 0. The molecule has 0 aliphatic heterocycles. The van der Waals surface area contributed by atoms with Gasteiger partial charge in [-0.15, -0.1) is 0 Å². The van der Waals surface area contributed by atoms with E-state index >= 15 is 0 Å². The number of carbonyl (C=O) groups is 1. The molecule has 1 aromatic carbocycles. The highest BCUT2D eigenvalue weighted by Crippen LogP contribution is 2.42. The lowest BCUT2D eigenvalue weighted by Crippen LogP contribution is -2.23. The van der Waals surface area contributed by atoms with Gasteiger partial charge in [0.2, 0.25) is 0 Å². The highest BCUT2D eigenvalue weighted by molar-refractivity contribution is 6.52. The predicted octanol–water partition coefficient (Wildman–Crippen LogP) is 7.36. The van der Waals surface area contributed by atoms with Gasteiger partial charge in [-0.2, -0.15) is 0 Å². The van der Waals surface area contributed by atoms with E-state index in [1.807, 2.05) is 27.0 Å². The molecule has 0 bridgehead atoms. The minimum atomic E-state index is -0.250. The fourth-order valence-electron chi connectivity index (χ4n) is 4.36. The van der Waals surface area contributed by atoms with Crippen molar-refractivity contribution in [3.05, 3.63) is 58.4 Å². The summed E-state index contributed by atoms with van der Waals surface area (Å²) in [4.78, 5) is 16.4. The van der Waals surface area contributed by atoms with E-state index in [1.54, 1.807) is 7.11 Å². The van der Waals surface area contributed by atoms with Crippen LogP contribution in [-0.4, -0.2) is 31.9 Å². The Kier molecular flexibility index (Phi) is 12.6. The van der Waals surface area contributed by atoms with Gasteiger partial charge in [0.05, 0.1) is 18.4 Å². The first-order valence-corrected chi connectivity index (χ1v) is 13.2. The fraction of sp³-hybridized carbons (Fsp3) is 0.548. The van der Waals surface area contributed by atoms with E-state index in [1.165, 1.54) is 34.7 Å². The van der Waals surface area contributed by atoms with Crippen LogP contribution in [0.4, 0.5) is 0 Å². The van der Waals surface area contributed by atoms with Crippen LogP contribution in [-0.2, 0) is 14.3 Å². The molecule has 0 aliphatic rings. The number of methoxy groups -OCH3 is 1. The summed E-state index contributed by atoms with van der Waals surface area (Å²) in [5, 5.41) is 0. The zero-order valence-corrected chi connectivity index (χ0v) is 24.7. The van der Waals surface area contributed by atoms with Gasteiger partial charge in [0.1, 0.15) is 7.28 Å². The summed E-state index contributed by atoms with van der Waals surface area (Å²) < 4.78 is 11.2. The summed E-state index contributed by atoms with van der Waals surface area (Å²) in [6.07, 6.45) is 2.54. The molecule has 0 saturated carbocycles. The van der Waals surface area contributed by atoms with Gasteiger partial charge in [-0.25, -0.2) is 0 Å². The molecule has 1 atom stereocenters. The quantitative estimate of drug-likeness (QED) is 0.257. The maximum Gasteiger partial charge on any atom is 0.302 e. The molecule has 1 unspecified atom stereocenters. The Labute approximate surface area is 221 Å². The molecule has 0 saturated heterocycles. The molecule has 2 aromatic rings. The van der Waals surface area contributed by atoms with Crippen LogP contribution in [0, 0.1) is 25.2 Å². The highest BCUT2D eigenvalue weighted by atomic mass is 16.5. The lowest BCUT2D eigenvalue weighted by Gasteiger charge is -2.30. The zero-order chi connectivity index (χ0) is 27.6. The van der Waals surface area contributed by atoms with Crippen LogP contribution in [0.2, 0.25) is 6.82 Å². The average molecular weight is 493 g/mol. The zero-order valence-electron chi connectivity index (χ0n) is 24.7. The van der Waals surface area contributed by atoms with Gasteiger partial charge in [-0.3, -0.25) is 9.78 Å². The van der Waals surface area contributed by atoms with Gasteiger partial charge >= 0.3 is 5.97 Å². The van der Waals surface area contributed by atoms with Crippen LogP contribution in [0.1, 0.15) is 95.9 Å². The summed E-state index contributed by atoms with van der Waals surface area (Å²) in [5.41, 5.74) is 9.13. The number of ether oxygens (including phenoxy) is 2. The van der Waals surface area contributed by atoms with Gasteiger partial charge in [-0.1, -0.05) is 72.0 Å². The van der Waals surface area contributed by atoms with E-state index in [2.05, 4.69) is 79.9 Å². The lowest BCUT2D eigenvalue weighted by molar-refractivity contribution is -0.143. The lowest BCUT2D eigenvalue weighted by atomic mass is 9.70. The minimum absolute atomic E-state index is 0.129. The number of aromatic nitrogens is 1. The van der Waals surface area contributed by atoms with Crippen LogP contribution in [0.25, 0.3) is 11.1 Å². The van der Waals surface area contributed by atoms with Crippen molar-refractivity contribution in [1.29, 1.82) is 0 Å². The Morgan fingerprint density at radius 1 is 1.08 bits per heavy atom. The van der Waals surface area contributed by atoms with Crippen molar-refractivity contribution in [2.45, 2.75) is 88.6 Å². The van der Waals surface area contributed by atoms with Crippen molar-refractivity contribution in [2.24, 2.45) is 11.3 Å². The molecule has 1 radical (unpaired) electrons. The van der Waals surface area contributed by atoms with Crippen LogP contribution in [0.5, 0.6) is 0 Å². The second kappa shape index (κ2) is 14.4. The van der Waals surface area contributed by atoms with Gasteiger partial charge < -0.3 is 9.47 Å². The average Bonchev–Trinajstić information content (AvgIpc) is 2.83. The number of benzene rings is 1. The third-order valence-corrected chi connectivity index (χ3v) is 6.23. The topological polar surface area (TPSA) is 48.4 Å². The maximum atomic E-state index is 11.6. The first-order chi connectivity index (χ1) is 16.9. The normalized spacial score (nSPS) is 12.9. The SMILES string of the molecule is CC.C[B]c1ccc(C)c(/C(CC(C)(C)COC(C)=O)=C(/c2cc(C)cnc2C(C)OC)C(C)C)c1. The summed E-state index contributed by atoms with van der Waals surface area (Å²) >= 11 is 0. The third-order valence-electron chi connectivity index (χ3n) is 6.23. The largest absolute Gasteiger partial charge is 0.465 e. The van der Waals surface area contributed by atoms with Crippen molar-refractivity contribution >= 4 is 29.9 Å². The van der Waals surface area contributed by atoms with Crippen molar-refractivity contribution in [3.63, 3.8) is 0 Å². The molecule has 4 nitrogen and oxygen atoms in total. The molecular formula is C31H47BNO3. The van der Waals surface area contributed by atoms with E-state index in [9.17, 15) is 4.79 Å². The number of aryl methyl sites for hydroxylation is 2. The molecule has 1 aromatic heterocycles. The predicted molar refractivity (Wildman–Crippen MR) is 155 cm³/mol. The standard InChI is InChI=1S/C29H41BNO3.C2H6/c1-18(2)27(25-13-19(3)16-31-28(25)21(5)33-10)26(15-29(7,8)17-34-22(6)32)24-14-23(30-9)12-11-20(24)4;1-2/h11-14,16,18,21H,15,17H2,1-10H3;1-2H3/b27-26+;. The molecule has 0 amide bonds. The Hall–Kier alpha value is -2.40. The third kappa shape index (κ3) is 8.62. The molecule has 197 valence electrons. The highest BCUT2D eigenvalue weighted by Gasteiger charge is 2.28. The number of allylic oxidation sites excluding steroid dienone is 2. The number of hydrogen-bond acceptors (Lipinski definition) is 4. The molecule has 0 aliphatic carbocycles. The maximum absolute atomic E-state index is 11.6. The summed E-state index contributed by atoms with van der Waals surface area (Å²) in [6, 6.07) is 8.85. The summed E-state index contributed by atoms with van der Waals surface area (Å²) in [5.74, 6) is 0.000122. The molecule has 2 rings (SSSR count). The number of pyridine rings is 1. The number of rotatable bonds is 10. The molecule has 0 fully saturated rings. The molecule has 1 heterocycles. The van der Waals surface area contributed by atoms with Crippen LogP contribution >= 0.6 is 0 Å². The van der Waals surface area contributed by atoms with E-state index in [4.69, 9.17) is 14.5 Å². The van der Waals surface area contributed by atoms with Crippen molar-refractivity contribution < 1.29 is 14.3 Å². The smallest absolute Gasteiger partial charge is 0.302 e. The van der Waals surface area contributed by atoms with Gasteiger partial charge in [-0.05, 0) is 67.0 Å². The number of esters is 1. The van der Waals surface area contributed by atoms with Crippen LogP contribution < -0.4 is 5.46 Å². The van der Waals surface area contributed by atoms with Crippen molar-refractivity contribution in [1.82, 2.24) is 4.98 Å². The number of nitrogens with zero attached hydrogens (tertiary/aromatic N) is 1. The Bertz CT molecular complexity index is 1040. The summed E-state index contributed by atoms with van der Waals surface area (Å²) in [6.45, 7) is 23.0. The van der Waals surface area contributed by atoms with Crippen LogP contribution in [0.15, 0.2) is 30.5 Å². The fourth-order valence-corrected chi connectivity index (χ4v) is 4.36. The van der Waals surface area contributed by atoms with E-state index in [0.29, 0.717) is 6.61 Å². The first-order valence-electron chi connectivity index (χ1n) is 13.2. The van der Waals surface area contributed by atoms with Gasteiger partial charge in [0, 0.05) is 31.2 Å². The Balaban J connectivity index is 0.00000316. The van der Waals surface area contributed by atoms with Gasteiger partial charge in [0.25, 0.3) is 0 Å². The number of carbonyl (C=O) groups excluding carboxylic acids is 1. The Morgan fingerprint density at radius 3 is 2.25 bits per heavy atom. The molecule has 36 heavy (non-hydrogen) atoms. The first kappa shape index (κ1) is 31.6. The van der Waals surface area contributed by atoms with Gasteiger partial charge in [0.15, 0.2) is 0 Å². The monoisotopic (exact) mass is 492 g/mol. The van der Waals surface area contributed by atoms with Crippen molar-refractivity contribution in [3.8, 4) is 0 Å².